The first kappa shape index (κ1) is 25.7. The number of hydrogen-bond donors (Lipinski definition) is 1. The lowest BCUT2D eigenvalue weighted by atomic mass is 10.0. The van der Waals surface area contributed by atoms with Gasteiger partial charge in [-0.3, -0.25) is 9.79 Å². The maximum absolute atomic E-state index is 13.3. The molecule has 0 saturated heterocycles. The Hall–Kier alpha value is -3.99. The Morgan fingerprint density at radius 3 is 2.74 bits per heavy atom. The van der Waals surface area contributed by atoms with Crippen LogP contribution >= 0.6 is 0 Å². The number of aromatic nitrogens is 4. The molecule has 0 radical (unpaired) electrons. The lowest BCUT2D eigenvalue weighted by Gasteiger charge is -2.19. The predicted octanol–water partition coefficient (Wildman–Crippen LogP) is 4.27. The van der Waals surface area contributed by atoms with Crippen LogP contribution in [-0.2, 0) is 24.0 Å². The molecule has 4 heterocycles. The van der Waals surface area contributed by atoms with Gasteiger partial charge in [0.25, 0.3) is 5.56 Å². The van der Waals surface area contributed by atoms with Crippen molar-refractivity contribution in [1.82, 2.24) is 19.1 Å². The summed E-state index contributed by atoms with van der Waals surface area (Å²) in [6.45, 7) is 5.69. The van der Waals surface area contributed by atoms with Crippen LogP contribution in [-0.4, -0.2) is 39.4 Å². The topological polar surface area (TPSA) is 86.3 Å². The van der Waals surface area contributed by atoms with Gasteiger partial charge in [0.1, 0.15) is 17.5 Å². The van der Waals surface area contributed by atoms with Crippen molar-refractivity contribution >= 4 is 5.82 Å². The molecule has 1 N–H and O–H groups in total. The van der Waals surface area contributed by atoms with Gasteiger partial charge in [-0.05, 0) is 43.7 Å². The molecular weight excluding hydrogens is 497 g/mol. The van der Waals surface area contributed by atoms with Gasteiger partial charge in [0.05, 0.1) is 23.8 Å². The molecule has 198 valence electrons. The largest absolute Gasteiger partial charge is 0.416 e. The fourth-order valence-electron chi connectivity index (χ4n) is 4.65. The van der Waals surface area contributed by atoms with Gasteiger partial charge in [-0.25, -0.2) is 9.97 Å². The van der Waals surface area contributed by atoms with Gasteiger partial charge in [0, 0.05) is 50.1 Å². The van der Waals surface area contributed by atoms with Crippen molar-refractivity contribution in [3.05, 3.63) is 81.5 Å². The summed E-state index contributed by atoms with van der Waals surface area (Å²) < 4.78 is 48.6. The zero-order chi connectivity index (χ0) is 27.0. The maximum atomic E-state index is 13.3. The van der Waals surface area contributed by atoms with Gasteiger partial charge in [0.15, 0.2) is 5.49 Å². The van der Waals surface area contributed by atoms with Crippen LogP contribution in [0.2, 0.25) is 0 Å². The van der Waals surface area contributed by atoms with E-state index in [1.165, 1.54) is 12.1 Å². The number of benzene rings is 1. The predicted molar refractivity (Wildman–Crippen MR) is 137 cm³/mol. The van der Waals surface area contributed by atoms with Gasteiger partial charge in [0.2, 0.25) is 0 Å². The molecule has 38 heavy (non-hydrogen) atoms. The van der Waals surface area contributed by atoms with E-state index in [9.17, 15) is 18.0 Å². The average Bonchev–Trinajstić information content (AvgIpc) is 3.38. The highest BCUT2D eigenvalue weighted by Gasteiger charge is 2.31. The van der Waals surface area contributed by atoms with Gasteiger partial charge in [-0.1, -0.05) is 12.1 Å². The van der Waals surface area contributed by atoms with Crippen molar-refractivity contribution in [3.63, 3.8) is 0 Å². The monoisotopic (exact) mass is 524 g/mol. The zero-order valence-electron chi connectivity index (χ0n) is 21.2. The molecule has 0 saturated carbocycles. The minimum atomic E-state index is -4.44. The molecule has 0 fully saturated rings. The highest BCUT2D eigenvalue weighted by Crippen LogP contribution is 2.36. The summed E-state index contributed by atoms with van der Waals surface area (Å²) in [5, 5.41) is 3.42. The lowest BCUT2D eigenvalue weighted by Crippen LogP contribution is -2.22. The number of ether oxygens (including phenoxy) is 1. The molecular formula is C27H27F3N6O2. The number of nitrogens with one attached hydrogen (secondary N) is 1. The van der Waals surface area contributed by atoms with E-state index in [0.717, 1.165) is 29.1 Å². The first-order valence-corrected chi connectivity index (χ1v) is 12.2. The number of pyridine rings is 2. The molecule has 1 aromatic heterocycles. The number of aryl methyl sites for hydroxylation is 1. The van der Waals surface area contributed by atoms with Crippen molar-refractivity contribution in [1.29, 1.82) is 0 Å². The van der Waals surface area contributed by atoms with E-state index < -0.39 is 17.8 Å². The second-order valence-electron chi connectivity index (χ2n) is 9.19. The molecule has 1 atom stereocenters. The maximum Gasteiger partial charge on any atom is 0.416 e. The summed E-state index contributed by atoms with van der Waals surface area (Å²) in [7, 11) is 1.58. The van der Waals surface area contributed by atoms with E-state index in [1.807, 2.05) is 6.07 Å². The molecule has 11 heteroatoms. The van der Waals surface area contributed by atoms with Crippen LogP contribution in [0.15, 0.2) is 58.4 Å². The van der Waals surface area contributed by atoms with E-state index >= 15 is 0 Å². The third-order valence-electron chi connectivity index (χ3n) is 6.56. The Bertz CT molecular complexity index is 1590. The Balaban J connectivity index is 1.68. The lowest BCUT2D eigenvalue weighted by molar-refractivity contribution is -0.137. The summed E-state index contributed by atoms with van der Waals surface area (Å²) >= 11 is 0. The van der Waals surface area contributed by atoms with Crippen molar-refractivity contribution in [2.75, 3.05) is 25.6 Å². The van der Waals surface area contributed by atoms with Crippen LogP contribution in [0.4, 0.5) is 19.0 Å². The summed E-state index contributed by atoms with van der Waals surface area (Å²) in [5.41, 5.74) is 2.32. The summed E-state index contributed by atoms with van der Waals surface area (Å²) in [4.78, 5) is 26.4. The summed E-state index contributed by atoms with van der Waals surface area (Å²) in [6, 6.07) is 9.82. The first-order chi connectivity index (χ1) is 18.2. The Morgan fingerprint density at radius 1 is 1.16 bits per heavy atom. The fourth-order valence-corrected chi connectivity index (χ4v) is 4.65. The van der Waals surface area contributed by atoms with Crippen LogP contribution in [0.1, 0.15) is 29.9 Å². The van der Waals surface area contributed by atoms with Crippen molar-refractivity contribution in [2.24, 2.45) is 4.99 Å². The Morgan fingerprint density at radius 2 is 1.97 bits per heavy atom. The number of nitrogens with zero attached hydrogens (tertiary/aromatic N) is 5. The molecule has 1 aromatic carbocycles. The number of fused-ring (bicyclic) bond motifs is 3. The molecule has 0 amide bonds. The standard InChI is InChI=1S/C27H27F3N6O2/c1-16(18-5-4-6-20(13-18)27(28,29)30)32-24-22-14-21(19-7-8-23(37)35(15-19)11-12-38-3)25-31-9-10-36(25)26(22)34-17(2)33-24/h4-8,13-16,31H,9-12H2,1-3H3. The van der Waals surface area contributed by atoms with Gasteiger partial charge in [-0.2, -0.15) is 13.2 Å². The second-order valence-corrected chi connectivity index (χ2v) is 9.19. The molecule has 2 aromatic rings. The molecule has 5 rings (SSSR count). The van der Waals surface area contributed by atoms with Gasteiger partial charge in [-0.15, -0.1) is 0 Å². The minimum absolute atomic E-state index is 0.131. The highest BCUT2D eigenvalue weighted by atomic mass is 19.4. The number of methoxy groups -OCH3 is 1. The molecule has 0 aliphatic carbocycles. The number of anilines is 1. The quantitative estimate of drug-likeness (QED) is 0.407. The average molecular weight is 525 g/mol. The number of alkyl halides is 3. The van der Waals surface area contributed by atoms with Crippen LogP contribution in [0.5, 0.6) is 0 Å². The first-order valence-electron chi connectivity index (χ1n) is 12.2. The van der Waals surface area contributed by atoms with E-state index in [4.69, 9.17) is 9.73 Å². The van der Waals surface area contributed by atoms with E-state index in [2.05, 4.69) is 19.9 Å². The third-order valence-corrected chi connectivity index (χ3v) is 6.56. The van der Waals surface area contributed by atoms with Gasteiger partial charge < -0.3 is 19.2 Å². The normalized spacial score (nSPS) is 14.5. The molecule has 8 nitrogen and oxygen atoms in total. The second kappa shape index (κ2) is 10.1. The highest BCUT2D eigenvalue weighted by molar-refractivity contribution is 5.82. The minimum Gasteiger partial charge on any atom is -0.383 e. The molecule has 3 aliphatic rings. The van der Waals surface area contributed by atoms with E-state index in [1.54, 1.807) is 43.9 Å². The van der Waals surface area contributed by atoms with Crippen molar-refractivity contribution < 1.29 is 17.9 Å². The van der Waals surface area contributed by atoms with Crippen molar-refractivity contribution in [3.8, 4) is 22.5 Å². The molecule has 3 aliphatic heterocycles. The van der Waals surface area contributed by atoms with Crippen LogP contribution in [0.3, 0.4) is 0 Å². The molecule has 0 spiro atoms. The number of halogens is 3. The van der Waals surface area contributed by atoms with Gasteiger partial charge >= 0.3 is 6.18 Å². The fraction of sp³-hybridized carbons (Fsp3) is 0.333. The van der Waals surface area contributed by atoms with E-state index in [-0.39, 0.29) is 5.56 Å². The van der Waals surface area contributed by atoms with Crippen molar-refractivity contribution in [2.45, 2.75) is 39.2 Å². The summed E-state index contributed by atoms with van der Waals surface area (Å²) in [5.74, 6) is 2.06. The van der Waals surface area contributed by atoms with E-state index in [0.29, 0.717) is 54.5 Å². The van der Waals surface area contributed by atoms with Crippen LogP contribution in [0.25, 0.3) is 22.5 Å². The molecule has 1 unspecified atom stereocenters. The third kappa shape index (κ3) is 4.93. The number of rotatable bonds is 6. The zero-order valence-corrected chi connectivity index (χ0v) is 21.2. The Labute approximate surface area is 216 Å². The molecule has 0 bridgehead atoms. The summed E-state index contributed by atoms with van der Waals surface area (Å²) in [6.07, 6.45) is -2.65. The van der Waals surface area contributed by atoms with Crippen LogP contribution < -0.4 is 16.4 Å². The SMILES string of the molecule is COCCn1cc(-c2cc3c(=NC(C)c4cccc(C(F)(F)F)c4)nc(C)nc-3n3c2NCC3)ccc1=O. The Kier molecular flexibility index (Phi) is 6.78. The van der Waals surface area contributed by atoms with Crippen LogP contribution in [0, 0.1) is 6.92 Å². The smallest absolute Gasteiger partial charge is 0.383 e. The number of hydrogen-bond acceptors (Lipinski definition) is 6.